The summed E-state index contributed by atoms with van der Waals surface area (Å²) in [7, 11) is 1.63. The van der Waals surface area contributed by atoms with Crippen molar-refractivity contribution >= 4 is 11.7 Å². The molecule has 0 aliphatic carbocycles. The Balaban J connectivity index is 2.42. The van der Waals surface area contributed by atoms with Gasteiger partial charge in [-0.2, -0.15) is 5.10 Å². The molecule has 7 heteroatoms. The Kier molecular flexibility index (Phi) is 3.12. The van der Waals surface area contributed by atoms with Gasteiger partial charge in [-0.15, -0.1) is 0 Å². The first-order valence-corrected chi connectivity index (χ1v) is 5.39. The van der Waals surface area contributed by atoms with Gasteiger partial charge in [0, 0.05) is 30.9 Å². The molecule has 2 rings (SSSR count). The van der Waals surface area contributed by atoms with Gasteiger partial charge in [0.15, 0.2) is 11.6 Å². The largest absolute Gasteiger partial charge is 0.478 e. The average molecular weight is 265 g/mol. The number of carbonyl (C=O) groups is 1. The van der Waals surface area contributed by atoms with Gasteiger partial charge in [0.1, 0.15) is 0 Å². The molecule has 0 unspecified atom stereocenters. The topological polar surface area (TPSA) is 90.4 Å². The van der Waals surface area contributed by atoms with E-state index in [9.17, 15) is 9.18 Å². The fraction of sp³-hybridized carbons (Fsp3) is 0.167. The predicted octanol–water partition coefficient (Wildman–Crippen LogP) is 1.94. The van der Waals surface area contributed by atoms with Crippen LogP contribution in [0.5, 0.6) is 11.6 Å². The van der Waals surface area contributed by atoms with E-state index in [1.807, 2.05) is 0 Å². The summed E-state index contributed by atoms with van der Waals surface area (Å²) in [6, 6.07) is 3.58. The Morgan fingerprint density at radius 2 is 2.16 bits per heavy atom. The van der Waals surface area contributed by atoms with Crippen LogP contribution in [0.1, 0.15) is 16.1 Å². The number of rotatable bonds is 3. The van der Waals surface area contributed by atoms with E-state index in [2.05, 4.69) is 5.10 Å². The van der Waals surface area contributed by atoms with Crippen LogP contribution in [-0.2, 0) is 7.05 Å². The quantitative estimate of drug-likeness (QED) is 0.827. The molecule has 1 heterocycles. The lowest BCUT2D eigenvalue weighted by molar-refractivity contribution is 0.0697. The van der Waals surface area contributed by atoms with Crippen LogP contribution >= 0.6 is 0 Å². The number of aryl methyl sites for hydroxylation is 2. The lowest BCUT2D eigenvalue weighted by Crippen LogP contribution is -2.04. The molecule has 0 aliphatic rings. The van der Waals surface area contributed by atoms with Gasteiger partial charge in [0.25, 0.3) is 0 Å². The Morgan fingerprint density at radius 3 is 2.68 bits per heavy atom. The van der Waals surface area contributed by atoms with Crippen LogP contribution < -0.4 is 10.5 Å². The van der Waals surface area contributed by atoms with Crippen LogP contribution in [0.4, 0.5) is 10.1 Å². The fourth-order valence-electron chi connectivity index (χ4n) is 1.63. The van der Waals surface area contributed by atoms with Gasteiger partial charge in [-0.1, -0.05) is 0 Å². The van der Waals surface area contributed by atoms with Crippen molar-refractivity contribution in [3.05, 3.63) is 35.3 Å². The molecule has 6 nitrogen and oxygen atoms in total. The fourth-order valence-corrected chi connectivity index (χ4v) is 1.63. The van der Waals surface area contributed by atoms with E-state index < -0.39 is 11.8 Å². The Bertz CT molecular complexity index is 652. The normalized spacial score (nSPS) is 10.5. The van der Waals surface area contributed by atoms with Crippen molar-refractivity contribution in [2.45, 2.75) is 6.92 Å². The predicted molar refractivity (Wildman–Crippen MR) is 65.8 cm³/mol. The highest BCUT2D eigenvalue weighted by molar-refractivity contribution is 5.94. The smallest absolute Gasteiger partial charge is 0.337 e. The number of hydrogen-bond acceptors (Lipinski definition) is 4. The average Bonchev–Trinajstić information content (AvgIpc) is 2.60. The zero-order valence-electron chi connectivity index (χ0n) is 10.3. The van der Waals surface area contributed by atoms with Gasteiger partial charge in [0.05, 0.1) is 11.3 Å². The summed E-state index contributed by atoms with van der Waals surface area (Å²) in [5.41, 5.74) is 5.76. The van der Waals surface area contributed by atoms with Gasteiger partial charge >= 0.3 is 5.97 Å². The minimum atomic E-state index is -1.25. The molecule has 0 saturated heterocycles. The standard InChI is InChI=1S/C12H12FN3O3/c1-6-3-11(16(2)15-6)19-10-4-7(12(17)18)9(14)5-8(10)13/h3-5H,14H2,1-2H3,(H,17,18). The van der Waals surface area contributed by atoms with Gasteiger partial charge in [-0.3, -0.25) is 0 Å². The van der Waals surface area contributed by atoms with Gasteiger partial charge in [0.2, 0.25) is 5.88 Å². The van der Waals surface area contributed by atoms with Crippen LogP contribution in [0.15, 0.2) is 18.2 Å². The number of ether oxygens (including phenoxy) is 1. The lowest BCUT2D eigenvalue weighted by Gasteiger charge is -2.09. The minimum absolute atomic E-state index is 0.154. The molecule has 0 atom stereocenters. The zero-order valence-corrected chi connectivity index (χ0v) is 10.3. The maximum absolute atomic E-state index is 13.7. The lowest BCUT2D eigenvalue weighted by atomic mass is 10.1. The molecule has 2 aromatic rings. The maximum atomic E-state index is 13.7. The second-order valence-corrected chi connectivity index (χ2v) is 4.02. The van der Waals surface area contributed by atoms with Crippen molar-refractivity contribution in [2.75, 3.05) is 5.73 Å². The molecule has 0 radical (unpaired) electrons. The van der Waals surface area contributed by atoms with Crippen molar-refractivity contribution in [1.29, 1.82) is 0 Å². The van der Waals surface area contributed by atoms with E-state index in [0.29, 0.717) is 11.6 Å². The molecule has 100 valence electrons. The number of nitrogen functional groups attached to an aromatic ring is 1. The first-order chi connectivity index (χ1) is 8.88. The third-order valence-electron chi connectivity index (χ3n) is 2.51. The van der Waals surface area contributed by atoms with Gasteiger partial charge in [-0.25, -0.2) is 13.9 Å². The van der Waals surface area contributed by atoms with Crippen LogP contribution in [0, 0.1) is 12.7 Å². The number of nitrogens with two attached hydrogens (primary N) is 1. The van der Waals surface area contributed by atoms with Crippen molar-refractivity contribution in [3.63, 3.8) is 0 Å². The third kappa shape index (κ3) is 2.49. The highest BCUT2D eigenvalue weighted by Gasteiger charge is 2.16. The number of aromatic carboxylic acids is 1. The molecular weight excluding hydrogens is 253 g/mol. The van der Waals surface area contributed by atoms with Crippen molar-refractivity contribution in [2.24, 2.45) is 7.05 Å². The number of anilines is 1. The molecule has 3 N–H and O–H groups in total. The first-order valence-electron chi connectivity index (χ1n) is 5.39. The molecule has 0 saturated carbocycles. The second kappa shape index (κ2) is 4.60. The Labute approximate surface area is 108 Å². The SMILES string of the molecule is Cc1cc(Oc2cc(C(=O)O)c(N)cc2F)n(C)n1. The molecule has 1 aromatic heterocycles. The monoisotopic (exact) mass is 265 g/mol. The van der Waals surface area contributed by atoms with Crippen molar-refractivity contribution in [3.8, 4) is 11.6 Å². The number of nitrogens with zero attached hydrogens (tertiary/aromatic N) is 2. The number of halogens is 1. The van der Waals surface area contributed by atoms with E-state index in [0.717, 1.165) is 12.1 Å². The van der Waals surface area contributed by atoms with E-state index in [1.165, 1.54) is 4.68 Å². The number of benzene rings is 1. The first kappa shape index (κ1) is 12.9. The molecule has 0 spiro atoms. The van der Waals surface area contributed by atoms with E-state index in [1.54, 1.807) is 20.0 Å². The Morgan fingerprint density at radius 1 is 1.47 bits per heavy atom. The van der Waals surface area contributed by atoms with Crippen LogP contribution in [0.2, 0.25) is 0 Å². The molecule has 0 amide bonds. The summed E-state index contributed by atoms with van der Waals surface area (Å²) in [6.45, 7) is 1.76. The number of aromatic nitrogens is 2. The van der Waals surface area contributed by atoms with E-state index >= 15 is 0 Å². The number of hydrogen-bond donors (Lipinski definition) is 2. The summed E-state index contributed by atoms with van der Waals surface area (Å²) >= 11 is 0. The van der Waals surface area contributed by atoms with E-state index in [-0.39, 0.29) is 17.0 Å². The van der Waals surface area contributed by atoms with Gasteiger partial charge in [-0.05, 0) is 6.92 Å². The second-order valence-electron chi connectivity index (χ2n) is 4.02. The summed E-state index contributed by atoms with van der Waals surface area (Å²) in [4.78, 5) is 10.9. The minimum Gasteiger partial charge on any atom is -0.478 e. The molecule has 0 bridgehead atoms. The zero-order chi connectivity index (χ0) is 14.2. The van der Waals surface area contributed by atoms with Gasteiger partial charge < -0.3 is 15.6 Å². The van der Waals surface area contributed by atoms with E-state index in [4.69, 9.17) is 15.6 Å². The summed E-state index contributed by atoms with van der Waals surface area (Å²) < 4.78 is 20.4. The Hall–Kier alpha value is -2.57. The van der Waals surface area contributed by atoms with Crippen LogP contribution in [-0.4, -0.2) is 20.9 Å². The van der Waals surface area contributed by atoms with Crippen LogP contribution in [0.25, 0.3) is 0 Å². The molecule has 0 aliphatic heterocycles. The molecule has 1 aromatic carbocycles. The molecule has 0 fully saturated rings. The summed E-state index contributed by atoms with van der Waals surface area (Å²) in [5.74, 6) is -1.89. The number of carboxylic acids is 1. The molecule has 19 heavy (non-hydrogen) atoms. The number of carboxylic acid groups (broad SMARTS) is 1. The summed E-state index contributed by atoms with van der Waals surface area (Å²) in [6.07, 6.45) is 0. The third-order valence-corrected chi connectivity index (χ3v) is 2.51. The maximum Gasteiger partial charge on any atom is 0.337 e. The summed E-state index contributed by atoms with van der Waals surface area (Å²) in [5, 5.41) is 13.0. The molecular formula is C12H12FN3O3. The van der Waals surface area contributed by atoms with Crippen molar-refractivity contribution in [1.82, 2.24) is 9.78 Å². The highest BCUT2D eigenvalue weighted by Crippen LogP contribution is 2.28. The highest BCUT2D eigenvalue weighted by atomic mass is 19.1. The van der Waals surface area contributed by atoms with Crippen LogP contribution in [0.3, 0.4) is 0 Å². The van der Waals surface area contributed by atoms with Crippen molar-refractivity contribution < 1.29 is 19.0 Å².